The van der Waals surface area contributed by atoms with Crippen molar-refractivity contribution in [1.82, 2.24) is 0 Å². The van der Waals surface area contributed by atoms with Crippen LogP contribution in [0.3, 0.4) is 0 Å². The zero-order chi connectivity index (χ0) is 18.9. The second-order valence-electron chi connectivity index (χ2n) is 7.31. The molecule has 7 heteroatoms. The normalized spacial score (nSPS) is 25.8. The average molecular weight is 395 g/mol. The van der Waals surface area contributed by atoms with Crippen LogP contribution >= 0.6 is 11.8 Å². The Morgan fingerprint density at radius 2 is 1.96 bits per heavy atom. The number of aliphatic imine (C=N–C) groups is 1. The van der Waals surface area contributed by atoms with Crippen molar-refractivity contribution >= 4 is 38.4 Å². The van der Waals surface area contributed by atoms with Crippen LogP contribution in [0, 0.1) is 0 Å². The van der Waals surface area contributed by atoms with Gasteiger partial charge in [-0.1, -0.05) is 51.1 Å². The molecule has 0 aromatic heterocycles. The number of nitrogens with zero attached hydrogens (tertiary/aromatic N) is 2. The quantitative estimate of drug-likeness (QED) is 0.763. The average Bonchev–Trinajstić information content (AvgIpc) is 3.03. The smallest absolute Gasteiger partial charge is 0.248 e. The molecule has 3 rings (SSSR count). The van der Waals surface area contributed by atoms with Crippen molar-refractivity contribution in [2.45, 2.75) is 57.2 Å². The molecule has 2 aliphatic rings. The second kappa shape index (κ2) is 7.72. The summed E-state index contributed by atoms with van der Waals surface area (Å²) in [6.07, 6.45) is 2.21. The van der Waals surface area contributed by atoms with Gasteiger partial charge in [0.15, 0.2) is 15.0 Å². The summed E-state index contributed by atoms with van der Waals surface area (Å²) in [6.45, 7) is 6.32. The van der Waals surface area contributed by atoms with Crippen LogP contribution in [-0.2, 0) is 14.6 Å². The summed E-state index contributed by atoms with van der Waals surface area (Å²) in [5.74, 6) is 0.588. The Labute approximate surface area is 160 Å². The number of thioether (sulfide) groups is 1. The lowest BCUT2D eigenvalue weighted by atomic mass is 10.0. The lowest BCUT2D eigenvalue weighted by molar-refractivity contribution is -0.117. The molecule has 26 heavy (non-hydrogen) atoms. The molecule has 0 saturated carbocycles. The maximum atomic E-state index is 12.2. The van der Waals surface area contributed by atoms with E-state index in [1.54, 1.807) is 0 Å². The number of unbranched alkanes of at least 4 members (excludes halogenated alkanes) is 1. The monoisotopic (exact) mass is 394 g/mol. The Bertz CT molecular complexity index is 801. The van der Waals surface area contributed by atoms with E-state index >= 15 is 0 Å². The minimum atomic E-state index is -3.04. The standard InChI is InChI=1S/C19H26N2O3S2/c1-4-5-6-18(22)20-19-21(15-9-7-14(8-10-15)13(2)3)16-11-26(23,24)12-17(16)25-19/h7-10,13,16-17H,4-6,11-12H2,1-3H3/t16-,17-/m0/s1. The lowest BCUT2D eigenvalue weighted by Gasteiger charge is -2.25. The highest BCUT2D eigenvalue weighted by Crippen LogP contribution is 2.41. The Hall–Kier alpha value is -1.34. The van der Waals surface area contributed by atoms with Gasteiger partial charge in [0, 0.05) is 17.4 Å². The number of hydrogen-bond donors (Lipinski definition) is 0. The van der Waals surface area contributed by atoms with Gasteiger partial charge in [0.1, 0.15) is 0 Å². The van der Waals surface area contributed by atoms with Gasteiger partial charge in [-0.2, -0.15) is 4.99 Å². The molecule has 0 bridgehead atoms. The Balaban J connectivity index is 1.92. The molecule has 1 aromatic carbocycles. The second-order valence-corrected chi connectivity index (χ2v) is 10.7. The van der Waals surface area contributed by atoms with Crippen LogP contribution < -0.4 is 4.90 Å². The first kappa shape index (κ1) is 19.4. The molecule has 2 fully saturated rings. The molecule has 1 aromatic rings. The van der Waals surface area contributed by atoms with Crippen molar-refractivity contribution in [3.8, 4) is 0 Å². The van der Waals surface area contributed by atoms with E-state index in [1.807, 2.05) is 24.0 Å². The van der Waals surface area contributed by atoms with Crippen molar-refractivity contribution in [2.75, 3.05) is 16.4 Å². The maximum Gasteiger partial charge on any atom is 0.248 e. The van der Waals surface area contributed by atoms with E-state index in [0.717, 1.165) is 18.5 Å². The molecule has 0 aliphatic carbocycles. The fourth-order valence-corrected chi connectivity index (χ4v) is 7.31. The SMILES string of the molecule is CCCCC(=O)N=C1S[C@H]2CS(=O)(=O)C[C@@H]2N1c1ccc(C(C)C)cc1. The number of hydrogen-bond acceptors (Lipinski definition) is 4. The maximum absolute atomic E-state index is 12.2. The summed E-state index contributed by atoms with van der Waals surface area (Å²) in [4.78, 5) is 18.5. The first-order valence-corrected chi connectivity index (χ1v) is 11.9. The number of fused-ring (bicyclic) bond motifs is 1. The molecular weight excluding hydrogens is 368 g/mol. The van der Waals surface area contributed by atoms with Crippen molar-refractivity contribution in [3.05, 3.63) is 29.8 Å². The van der Waals surface area contributed by atoms with Crippen LogP contribution in [0.4, 0.5) is 5.69 Å². The first-order chi connectivity index (χ1) is 12.3. The van der Waals surface area contributed by atoms with Gasteiger partial charge >= 0.3 is 0 Å². The molecule has 2 saturated heterocycles. The summed E-state index contributed by atoms with van der Waals surface area (Å²) in [7, 11) is -3.04. The predicted molar refractivity (Wildman–Crippen MR) is 109 cm³/mol. The van der Waals surface area contributed by atoms with Gasteiger partial charge in [-0.25, -0.2) is 8.42 Å². The Morgan fingerprint density at radius 3 is 2.58 bits per heavy atom. The van der Waals surface area contributed by atoms with Gasteiger partial charge in [-0.3, -0.25) is 4.79 Å². The number of anilines is 1. The van der Waals surface area contributed by atoms with Gasteiger partial charge in [-0.05, 0) is 30.0 Å². The van der Waals surface area contributed by atoms with Crippen molar-refractivity contribution < 1.29 is 13.2 Å². The molecule has 2 heterocycles. The molecule has 5 nitrogen and oxygen atoms in total. The van der Waals surface area contributed by atoms with E-state index < -0.39 is 9.84 Å². The van der Waals surface area contributed by atoms with Gasteiger partial charge in [-0.15, -0.1) is 0 Å². The number of benzene rings is 1. The number of carbonyl (C=O) groups excluding carboxylic acids is 1. The third-order valence-corrected chi connectivity index (χ3v) is 8.08. The van der Waals surface area contributed by atoms with Gasteiger partial charge in [0.05, 0.1) is 17.5 Å². The largest absolute Gasteiger partial charge is 0.316 e. The predicted octanol–water partition coefficient (Wildman–Crippen LogP) is 3.60. The number of rotatable bonds is 5. The van der Waals surface area contributed by atoms with E-state index in [9.17, 15) is 13.2 Å². The Morgan fingerprint density at radius 1 is 1.27 bits per heavy atom. The molecule has 0 radical (unpaired) electrons. The van der Waals surface area contributed by atoms with Crippen LogP contribution in [0.5, 0.6) is 0 Å². The van der Waals surface area contributed by atoms with Gasteiger partial charge in [0.2, 0.25) is 5.91 Å². The van der Waals surface area contributed by atoms with Crippen molar-refractivity contribution in [2.24, 2.45) is 4.99 Å². The van der Waals surface area contributed by atoms with Crippen LogP contribution in [-0.4, -0.2) is 42.3 Å². The van der Waals surface area contributed by atoms with Crippen molar-refractivity contribution in [1.29, 1.82) is 0 Å². The van der Waals surface area contributed by atoms with E-state index in [0.29, 0.717) is 17.5 Å². The number of amides is 1. The van der Waals surface area contributed by atoms with Crippen LogP contribution in [0.1, 0.15) is 51.5 Å². The third-order valence-electron chi connectivity index (χ3n) is 4.87. The van der Waals surface area contributed by atoms with Crippen LogP contribution in [0.15, 0.2) is 29.3 Å². The highest BCUT2D eigenvalue weighted by Gasteiger charge is 2.49. The van der Waals surface area contributed by atoms with E-state index in [-0.39, 0.29) is 28.7 Å². The number of sulfone groups is 1. The van der Waals surface area contributed by atoms with Crippen molar-refractivity contribution in [3.63, 3.8) is 0 Å². The van der Waals surface area contributed by atoms with Crippen LogP contribution in [0.2, 0.25) is 0 Å². The summed E-state index contributed by atoms with van der Waals surface area (Å²) < 4.78 is 24.2. The molecule has 1 amide bonds. The summed E-state index contributed by atoms with van der Waals surface area (Å²) >= 11 is 1.43. The number of amidine groups is 1. The van der Waals surface area contributed by atoms with E-state index in [4.69, 9.17) is 0 Å². The summed E-state index contributed by atoms with van der Waals surface area (Å²) in [5, 5.41) is 0.593. The zero-order valence-electron chi connectivity index (χ0n) is 15.5. The van der Waals surface area contributed by atoms with E-state index in [1.165, 1.54) is 17.3 Å². The highest BCUT2D eigenvalue weighted by molar-refractivity contribution is 8.16. The van der Waals surface area contributed by atoms with Gasteiger partial charge in [0.25, 0.3) is 0 Å². The lowest BCUT2D eigenvalue weighted by Crippen LogP contribution is -2.37. The topological polar surface area (TPSA) is 66.8 Å². The molecule has 2 atom stereocenters. The summed E-state index contributed by atoms with van der Waals surface area (Å²) in [5.41, 5.74) is 2.14. The highest BCUT2D eigenvalue weighted by atomic mass is 32.2. The molecule has 142 valence electrons. The minimum absolute atomic E-state index is 0.0532. The molecule has 0 N–H and O–H groups in total. The molecule has 0 unspecified atom stereocenters. The third kappa shape index (κ3) is 4.14. The molecule has 0 spiro atoms. The summed E-state index contributed by atoms with van der Waals surface area (Å²) in [6, 6.07) is 8.01. The van der Waals surface area contributed by atoms with Gasteiger partial charge < -0.3 is 4.90 Å². The first-order valence-electron chi connectivity index (χ1n) is 9.18. The van der Waals surface area contributed by atoms with E-state index in [2.05, 4.69) is 31.0 Å². The fourth-order valence-electron chi connectivity index (χ4n) is 3.38. The number of carbonyl (C=O) groups is 1. The fraction of sp³-hybridized carbons (Fsp3) is 0.579. The minimum Gasteiger partial charge on any atom is -0.316 e. The van der Waals surface area contributed by atoms with Crippen LogP contribution in [0.25, 0.3) is 0 Å². The molecular formula is C19H26N2O3S2. The Kier molecular flexibility index (Phi) is 5.77. The molecule has 2 aliphatic heterocycles. The zero-order valence-corrected chi connectivity index (χ0v) is 17.1.